The van der Waals surface area contributed by atoms with Gasteiger partial charge in [-0.15, -0.1) is 5.10 Å². The highest BCUT2D eigenvalue weighted by Crippen LogP contribution is 2.42. The number of carbonyl (C=O) groups is 2. The van der Waals surface area contributed by atoms with Crippen LogP contribution in [0.25, 0.3) is 11.5 Å². The molecule has 3 aromatic rings. The minimum Gasteiger partial charge on any atom is -0.490 e. The van der Waals surface area contributed by atoms with Crippen LogP contribution < -0.4 is 19.5 Å². The summed E-state index contributed by atoms with van der Waals surface area (Å²) < 4.78 is 55.4. The predicted molar refractivity (Wildman–Crippen MR) is 155 cm³/mol. The number of nitrogens with zero attached hydrogens (tertiary/aromatic N) is 4. The van der Waals surface area contributed by atoms with Crippen LogP contribution in [0.4, 0.5) is 10.8 Å². The van der Waals surface area contributed by atoms with Gasteiger partial charge in [-0.25, -0.2) is 13.2 Å². The first-order chi connectivity index (χ1) is 20.7. The molecule has 0 bridgehead atoms. The molecule has 0 atom stereocenters. The lowest BCUT2D eigenvalue weighted by Gasteiger charge is -2.33. The molecule has 2 heterocycles. The van der Waals surface area contributed by atoms with E-state index in [2.05, 4.69) is 15.5 Å². The quantitative estimate of drug-likeness (QED) is 0.316. The molecule has 1 N–H and O–H groups in total. The van der Waals surface area contributed by atoms with Gasteiger partial charge in [-0.3, -0.25) is 10.1 Å². The smallest absolute Gasteiger partial charge is 0.409 e. The molecule has 232 valence electrons. The molecule has 2 aromatic carbocycles. The molecule has 0 aliphatic carbocycles. The molecule has 1 aliphatic heterocycles. The number of piperazine rings is 1. The largest absolute Gasteiger partial charge is 0.490 e. The van der Waals surface area contributed by atoms with Crippen LogP contribution in [0.2, 0.25) is 0 Å². The molecule has 2 amide bonds. The molecule has 43 heavy (non-hydrogen) atoms. The number of nitrogens with one attached hydrogen (secondary N) is 1. The second-order valence-corrected chi connectivity index (χ2v) is 11.0. The van der Waals surface area contributed by atoms with Crippen molar-refractivity contribution in [3.8, 4) is 28.7 Å². The first kappa shape index (κ1) is 31.6. The molecular formula is C28H35N5O9S. The third-order valence-corrected chi connectivity index (χ3v) is 8.23. The second-order valence-electron chi connectivity index (χ2n) is 9.08. The average Bonchev–Trinajstić information content (AvgIpc) is 3.47. The maximum absolute atomic E-state index is 13.1. The minimum absolute atomic E-state index is 0.0272. The van der Waals surface area contributed by atoms with Gasteiger partial charge in [0.15, 0.2) is 11.5 Å². The highest BCUT2D eigenvalue weighted by atomic mass is 32.2. The lowest BCUT2D eigenvalue weighted by atomic mass is 10.2. The van der Waals surface area contributed by atoms with Crippen molar-refractivity contribution in [2.45, 2.75) is 32.6 Å². The Bertz CT molecular complexity index is 1490. The Morgan fingerprint density at radius 3 is 2.02 bits per heavy atom. The van der Waals surface area contributed by atoms with Crippen molar-refractivity contribution >= 4 is 28.0 Å². The Morgan fingerprint density at radius 1 is 0.860 bits per heavy atom. The lowest BCUT2D eigenvalue weighted by Crippen LogP contribution is -2.50. The lowest BCUT2D eigenvalue weighted by molar-refractivity contribution is 0.0933. The molecule has 0 spiro atoms. The summed E-state index contributed by atoms with van der Waals surface area (Å²) in [6.45, 7) is 9.43. The van der Waals surface area contributed by atoms with E-state index in [4.69, 9.17) is 23.4 Å². The number of aromatic nitrogens is 2. The standard InChI is InChI=1S/C28H35N5O9S/c1-5-38-22-17-20(18-23(39-6-2)24(22)40-7-3)26-30-31-27(42-26)29-25(34)19-9-11-21(12-10-19)43(36,37)33-15-13-32(14-16-33)28(35)41-8-4/h9-12,17-18H,5-8,13-16H2,1-4H3,(H,29,31,34). The van der Waals surface area contributed by atoms with Crippen molar-refractivity contribution in [3.63, 3.8) is 0 Å². The maximum atomic E-state index is 13.1. The van der Waals surface area contributed by atoms with E-state index < -0.39 is 22.0 Å². The molecule has 0 unspecified atom stereocenters. The van der Waals surface area contributed by atoms with E-state index in [9.17, 15) is 18.0 Å². The SMILES string of the molecule is CCOC(=O)N1CCN(S(=O)(=O)c2ccc(C(=O)Nc3nnc(-c4cc(OCC)c(OCC)c(OCC)c4)o3)cc2)CC1. The second kappa shape index (κ2) is 14.2. The fourth-order valence-corrected chi connectivity index (χ4v) is 5.75. The van der Waals surface area contributed by atoms with E-state index in [-0.39, 0.29) is 55.2 Å². The normalized spacial score (nSPS) is 13.8. The van der Waals surface area contributed by atoms with E-state index >= 15 is 0 Å². The van der Waals surface area contributed by atoms with Gasteiger partial charge in [0.05, 0.1) is 31.3 Å². The van der Waals surface area contributed by atoms with Gasteiger partial charge in [-0.2, -0.15) is 4.31 Å². The molecule has 1 fully saturated rings. The molecule has 4 rings (SSSR count). The summed E-state index contributed by atoms with van der Waals surface area (Å²) in [6, 6.07) is 8.71. The summed E-state index contributed by atoms with van der Waals surface area (Å²) in [5, 5.41) is 10.5. The highest BCUT2D eigenvalue weighted by molar-refractivity contribution is 7.89. The summed E-state index contributed by atoms with van der Waals surface area (Å²) in [5.41, 5.74) is 0.685. The number of carbonyl (C=O) groups excluding carboxylic acids is 2. The van der Waals surface area contributed by atoms with E-state index in [0.29, 0.717) is 42.6 Å². The van der Waals surface area contributed by atoms with Crippen molar-refractivity contribution in [3.05, 3.63) is 42.0 Å². The summed E-state index contributed by atoms with van der Waals surface area (Å²) in [7, 11) is -3.82. The van der Waals surface area contributed by atoms with Crippen molar-refractivity contribution in [1.29, 1.82) is 0 Å². The molecule has 14 nitrogen and oxygen atoms in total. The summed E-state index contributed by atoms with van der Waals surface area (Å²) in [4.78, 5) is 26.3. The fraction of sp³-hybridized carbons (Fsp3) is 0.429. The van der Waals surface area contributed by atoms with Gasteiger partial charge in [0.2, 0.25) is 21.7 Å². The summed E-state index contributed by atoms with van der Waals surface area (Å²) in [6.07, 6.45) is -0.465. The zero-order chi connectivity index (χ0) is 31.0. The van der Waals surface area contributed by atoms with Gasteiger partial charge in [-0.05, 0) is 64.1 Å². The number of amides is 2. The number of hydrogen-bond acceptors (Lipinski definition) is 11. The third-order valence-electron chi connectivity index (χ3n) is 6.32. The topological polar surface area (TPSA) is 163 Å². The van der Waals surface area contributed by atoms with Crippen molar-refractivity contribution in [2.24, 2.45) is 0 Å². The fourth-order valence-electron chi connectivity index (χ4n) is 4.32. The Labute approximate surface area is 249 Å². The van der Waals surface area contributed by atoms with Crippen molar-refractivity contribution < 1.29 is 41.4 Å². The molecule has 15 heteroatoms. The molecule has 0 radical (unpaired) electrons. The van der Waals surface area contributed by atoms with E-state index in [1.54, 1.807) is 19.1 Å². The van der Waals surface area contributed by atoms with Gasteiger partial charge < -0.3 is 28.3 Å². The van der Waals surface area contributed by atoms with Crippen LogP contribution in [0.5, 0.6) is 17.2 Å². The van der Waals surface area contributed by atoms with E-state index in [1.165, 1.54) is 33.5 Å². The van der Waals surface area contributed by atoms with Crippen LogP contribution in [-0.2, 0) is 14.8 Å². The predicted octanol–water partition coefficient (Wildman–Crippen LogP) is 3.65. The van der Waals surface area contributed by atoms with Crippen molar-refractivity contribution in [2.75, 3.05) is 57.9 Å². The zero-order valence-electron chi connectivity index (χ0n) is 24.5. The maximum Gasteiger partial charge on any atom is 0.409 e. The van der Waals surface area contributed by atoms with Crippen LogP contribution in [0.3, 0.4) is 0 Å². The number of benzene rings is 2. The Morgan fingerprint density at radius 2 is 1.47 bits per heavy atom. The van der Waals surface area contributed by atoms with Crippen LogP contribution in [0.1, 0.15) is 38.1 Å². The van der Waals surface area contributed by atoms with Gasteiger partial charge >= 0.3 is 12.1 Å². The number of sulfonamides is 1. The Kier molecular flexibility index (Phi) is 10.4. The van der Waals surface area contributed by atoms with E-state index in [0.717, 1.165) is 0 Å². The first-order valence-corrected chi connectivity index (χ1v) is 15.4. The third kappa shape index (κ3) is 7.35. The van der Waals surface area contributed by atoms with Gasteiger partial charge in [-0.1, -0.05) is 5.10 Å². The van der Waals surface area contributed by atoms with Gasteiger partial charge in [0.1, 0.15) is 0 Å². The van der Waals surface area contributed by atoms with Crippen molar-refractivity contribution in [1.82, 2.24) is 19.4 Å². The summed E-state index contributed by atoms with van der Waals surface area (Å²) >= 11 is 0. The molecule has 1 aliphatic rings. The summed E-state index contributed by atoms with van der Waals surface area (Å²) in [5.74, 6) is 0.908. The van der Waals surface area contributed by atoms with Gasteiger partial charge in [0, 0.05) is 37.3 Å². The van der Waals surface area contributed by atoms with Crippen LogP contribution in [0.15, 0.2) is 45.7 Å². The molecule has 0 saturated carbocycles. The average molecular weight is 618 g/mol. The van der Waals surface area contributed by atoms with Crippen LogP contribution >= 0.6 is 0 Å². The van der Waals surface area contributed by atoms with Crippen LogP contribution in [0, 0.1) is 0 Å². The Balaban J connectivity index is 1.44. The zero-order valence-corrected chi connectivity index (χ0v) is 25.3. The van der Waals surface area contributed by atoms with E-state index in [1.807, 2.05) is 20.8 Å². The van der Waals surface area contributed by atoms with Crippen LogP contribution in [-0.4, -0.2) is 92.4 Å². The minimum atomic E-state index is -3.82. The monoisotopic (exact) mass is 617 g/mol. The number of hydrogen-bond donors (Lipinski definition) is 1. The number of rotatable bonds is 12. The highest BCUT2D eigenvalue weighted by Gasteiger charge is 2.31. The molecule has 1 saturated heterocycles. The first-order valence-electron chi connectivity index (χ1n) is 13.9. The Hall–Kier alpha value is -4.37. The molecular weight excluding hydrogens is 582 g/mol. The number of ether oxygens (including phenoxy) is 4. The number of anilines is 1. The van der Waals surface area contributed by atoms with Gasteiger partial charge in [0.25, 0.3) is 5.91 Å². The molecule has 1 aromatic heterocycles.